The van der Waals surface area contributed by atoms with Crippen molar-refractivity contribution in [2.24, 2.45) is 11.8 Å². The van der Waals surface area contributed by atoms with E-state index in [1.165, 1.54) is 6.26 Å². The first-order chi connectivity index (χ1) is 10.0. The second-order valence-electron chi connectivity index (χ2n) is 6.04. The quantitative estimate of drug-likeness (QED) is 0.832. The standard InChI is InChI=1S/C14H22N4O2S/c1-21(19,20)18-10-5-13(11-18)12-3-8-17(9-4-12)14-15-6-2-7-16-14/h2,6-7,12-13H,3-5,8-11H2,1H3/t13-/m1/s1. The Balaban J connectivity index is 1.55. The Morgan fingerprint density at radius 3 is 2.24 bits per heavy atom. The Bertz CT molecular complexity index is 570. The SMILES string of the molecule is CS(=O)(=O)N1CC[C@@H](C2CCN(c3ncccn3)CC2)C1. The fourth-order valence-corrected chi connectivity index (χ4v) is 4.36. The predicted octanol–water partition coefficient (Wildman–Crippen LogP) is 0.974. The number of aromatic nitrogens is 2. The van der Waals surface area contributed by atoms with Gasteiger partial charge in [0.15, 0.2) is 0 Å². The minimum absolute atomic E-state index is 0.513. The Kier molecular flexibility index (Phi) is 4.12. The Morgan fingerprint density at radius 1 is 1.05 bits per heavy atom. The van der Waals surface area contributed by atoms with Gasteiger partial charge in [0.1, 0.15) is 0 Å². The summed E-state index contributed by atoms with van der Waals surface area (Å²) in [6, 6.07) is 1.83. The molecule has 0 radical (unpaired) electrons. The molecule has 0 aromatic carbocycles. The topological polar surface area (TPSA) is 66.4 Å². The fourth-order valence-electron chi connectivity index (χ4n) is 3.47. The van der Waals surface area contributed by atoms with Crippen LogP contribution in [0.1, 0.15) is 19.3 Å². The van der Waals surface area contributed by atoms with Gasteiger partial charge in [0.05, 0.1) is 6.26 Å². The van der Waals surface area contributed by atoms with Crippen molar-refractivity contribution in [3.8, 4) is 0 Å². The monoisotopic (exact) mass is 310 g/mol. The molecule has 2 aliphatic rings. The summed E-state index contributed by atoms with van der Waals surface area (Å²) in [5, 5.41) is 0. The molecule has 0 bridgehead atoms. The van der Waals surface area contributed by atoms with Crippen LogP contribution in [0, 0.1) is 11.8 Å². The van der Waals surface area contributed by atoms with Crippen LogP contribution >= 0.6 is 0 Å². The molecule has 0 saturated carbocycles. The summed E-state index contributed by atoms with van der Waals surface area (Å²) in [5.41, 5.74) is 0. The second-order valence-corrected chi connectivity index (χ2v) is 8.03. The number of sulfonamides is 1. The highest BCUT2D eigenvalue weighted by molar-refractivity contribution is 7.88. The van der Waals surface area contributed by atoms with Gasteiger partial charge >= 0.3 is 0 Å². The van der Waals surface area contributed by atoms with Crippen molar-refractivity contribution in [3.05, 3.63) is 18.5 Å². The number of piperidine rings is 1. The third-order valence-electron chi connectivity index (χ3n) is 4.70. The summed E-state index contributed by atoms with van der Waals surface area (Å²) < 4.78 is 24.8. The van der Waals surface area contributed by atoms with Gasteiger partial charge in [-0.15, -0.1) is 0 Å². The first-order valence-electron chi connectivity index (χ1n) is 7.51. The first-order valence-corrected chi connectivity index (χ1v) is 9.36. The van der Waals surface area contributed by atoms with Crippen molar-refractivity contribution in [3.63, 3.8) is 0 Å². The molecule has 6 nitrogen and oxygen atoms in total. The molecule has 3 rings (SSSR count). The lowest BCUT2D eigenvalue weighted by Gasteiger charge is -2.34. The van der Waals surface area contributed by atoms with Crippen LogP contribution in [0.15, 0.2) is 18.5 Å². The highest BCUT2D eigenvalue weighted by atomic mass is 32.2. The molecule has 7 heteroatoms. The molecule has 0 unspecified atom stereocenters. The van der Waals surface area contributed by atoms with Crippen LogP contribution in [-0.4, -0.2) is 55.1 Å². The summed E-state index contributed by atoms with van der Waals surface area (Å²) in [6.07, 6.45) is 8.05. The van der Waals surface area contributed by atoms with E-state index in [9.17, 15) is 8.42 Å². The average Bonchev–Trinajstić information content (AvgIpc) is 2.98. The molecule has 3 heterocycles. The lowest BCUT2D eigenvalue weighted by atomic mass is 9.84. The highest BCUT2D eigenvalue weighted by Crippen LogP contribution is 2.33. The van der Waals surface area contributed by atoms with Gasteiger partial charge in [-0.25, -0.2) is 22.7 Å². The van der Waals surface area contributed by atoms with Gasteiger partial charge in [-0.3, -0.25) is 0 Å². The molecule has 1 atom stereocenters. The normalized spacial score (nSPS) is 25.4. The van der Waals surface area contributed by atoms with Gasteiger partial charge in [0, 0.05) is 38.6 Å². The van der Waals surface area contributed by atoms with Crippen molar-refractivity contribution in [2.75, 3.05) is 37.3 Å². The van der Waals surface area contributed by atoms with Crippen LogP contribution in [0.3, 0.4) is 0 Å². The van der Waals surface area contributed by atoms with E-state index in [1.807, 2.05) is 6.07 Å². The van der Waals surface area contributed by atoms with E-state index in [-0.39, 0.29) is 0 Å². The number of nitrogens with zero attached hydrogens (tertiary/aromatic N) is 4. The zero-order chi connectivity index (χ0) is 14.9. The van der Waals surface area contributed by atoms with Crippen LogP contribution in [0.5, 0.6) is 0 Å². The number of anilines is 1. The van der Waals surface area contributed by atoms with E-state index in [4.69, 9.17) is 0 Å². The number of hydrogen-bond acceptors (Lipinski definition) is 5. The van der Waals surface area contributed by atoms with Crippen molar-refractivity contribution < 1.29 is 8.42 Å². The predicted molar refractivity (Wildman–Crippen MR) is 81.5 cm³/mol. The minimum atomic E-state index is -3.02. The van der Waals surface area contributed by atoms with E-state index in [2.05, 4.69) is 14.9 Å². The molecule has 1 aromatic heterocycles. The van der Waals surface area contributed by atoms with Crippen LogP contribution < -0.4 is 4.90 Å². The summed E-state index contributed by atoms with van der Waals surface area (Å²) in [5.74, 6) is 1.94. The molecule has 0 N–H and O–H groups in total. The summed E-state index contributed by atoms with van der Waals surface area (Å²) in [6.45, 7) is 3.31. The van der Waals surface area contributed by atoms with Gasteiger partial charge in [-0.2, -0.15) is 0 Å². The van der Waals surface area contributed by atoms with E-state index >= 15 is 0 Å². The van der Waals surface area contributed by atoms with Crippen molar-refractivity contribution >= 4 is 16.0 Å². The van der Waals surface area contributed by atoms with E-state index in [0.717, 1.165) is 38.3 Å². The fraction of sp³-hybridized carbons (Fsp3) is 0.714. The summed E-state index contributed by atoms with van der Waals surface area (Å²) in [4.78, 5) is 10.8. The second kappa shape index (κ2) is 5.88. The third kappa shape index (κ3) is 3.35. The van der Waals surface area contributed by atoms with Crippen molar-refractivity contribution in [2.45, 2.75) is 19.3 Å². The van der Waals surface area contributed by atoms with E-state index in [0.29, 0.717) is 24.9 Å². The molecular formula is C14H22N4O2S. The Morgan fingerprint density at radius 2 is 1.67 bits per heavy atom. The van der Waals surface area contributed by atoms with Crippen LogP contribution in [0.2, 0.25) is 0 Å². The largest absolute Gasteiger partial charge is 0.341 e. The zero-order valence-electron chi connectivity index (χ0n) is 12.4. The molecule has 1 aromatic rings. The molecule has 0 aliphatic carbocycles. The van der Waals surface area contributed by atoms with Crippen molar-refractivity contribution in [1.82, 2.24) is 14.3 Å². The molecule has 0 spiro atoms. The highest BCUT2D eigenvalue weighted by Gasteiger charge is 2.35. The Labute approximate surface area is 126 Å². The lowest BCUT2D eigenvalue weighted by Crippen LogP contribution is -2.38. The number of rotatable bonds is 3. The van der Waals surface area contributed by atoms with Gasteiger partial charge in [-0.05, 0) is 37.2 Å². The number of hydrogen-bond donors (Lipinski definition) is 0. The molecule has 21 heavy (non-hydrogen) atoms. The lowest BCUT2D eigenvalue weighted by molar-refractivity contribution is 0.282. The maximum atomic E-state index is 11.6. The van der Waals surface area contributed by atoms with Gasteiger partial charge in [0.2, 0.25) is 16.0 Å². The molecule has 116 valence electrons. The van der Waals surface area contributed by atoms with Gasteiger partial charge in [-0.1, -0.05) is 0 Å². The maximum Gasteiger partial charge on any atom is 0.225 e. The average molecular weight is 310 g/mol. The maximum absolute atomic E-state index is 11.6. The van der Waals surface area contributed by atoms with Crippen LogP contribution in [-0.2, 0) is 10.0 Å². The molecule has 2 aliphatic heterocycles. The molecule has 2 fully saturated rings. The molecular weight excluding hydrogens is 288 g/mol. The van der Waals surface area contributed by atoms with Crippen molar-refractivity contribution in [1.29, 1.82) is 0 Å². The van der Waals surface area contributed by atoms with Crippen LogP contribution in [0.25, 0.3) is 0 Å². The van der Waals surface area contributed by atoms with Gasteiger partial charge < -0.3 is 4.90 Å². The zero-order valence-corrected chi connectivity index (χ0v) is 13.2. The smallest absolute Gasteiger partial charge is 0.225 e. The first kappa shape index (κ1) is 14.7. The molecule has 0 amide bonds. The Hall–Kier alpha value is -1.21. The van der Waals surface area contributed by atoms with E-state index in [1.54, 1.807) is 16.7 Å². The molecule has 2 saturated heterocycles. The van der Waals surface area contributed by atoms with Crippen LogP contribution in [0.4, 0.5) is 5.95 Å². The van der Waals surface area contributed by atoms with E-state index < -0.39 is 10.0 Å². The van der Waals surface area contributed by atoms with Gasteiger partial charge in [0.25, 0.3) is 0 Å². The summed E-state index contributed by atoms with van der Waals surface area (Å²) >= 11 is 0. The summed E-state index contributed by atoms with van der Waals surface area (Å²) in [7, 11) is -3.02. The minimum Gasteiger partial charge on any atom is -0.341 e. The third-order valence-corrected chi connectivity index (χ3v) is 5.97.